The quantitative estimate of drug-likeness (QED) is 0.313. The number of hydrogen-bond donors (Lipinski definition) is 2. The third-order valence-corrected chi connectivity index (χ3v) is 0.186. The summed E-state index contributed by atoms with van der Waals surface area (Å²) in [6, 6.07) is 0. The van der Waals surface area contributed by atoms with Gasteiger partial charge in [-0.15, -0.1) is 0 Å². The van der Waals surface area contributed by atoms with Gasteiger partial charge in [-0.3, -0.25) is 0 Å². The van der Waals surface area contributed by atoms with Crippen molar-refractivity contribution in [3.63, 3.8) is 0 Å². The van der Waals surface area contributed by atoms with Crippen LogP contribution in [0.3, 0.4) is 0 Å². The Balaban J connectivity index is 2.19. The summed E-state index contributed by atoms with van der Waals surface area (Å²) in [4.78, 5) is 4.26. The largest absolute Gasteiger partial charge is 0.358 e. The highest BCUT2D eigenvalue weighted by Crippen LogP contribution is 1.35. The third-order valence-electron chi connectivity index (χ3n) is 0.186. The molecule has 5 heavy (non-hydrogen) atoms. The van der Waals surface area contributed by atoms with Gasteiger partial charge in [0, 0.05) is 0 Å². The summed E-state index contributed by atoms with van der Waals surface area (Å²) < 4.78 is 0. The maximum absolute atomic E-state index is 4.78. The predicted octanol–water partition coefficient (Wildman–Crippen LogP) is -1.37. The molecule has 3 nitrogen and oxygen atoms in total. The maximum atomic E-state index is 4.78. The lowest BCUT2D eigenvalue weighted by molar-refractivity contribution is 0.153. The van der Waals surface area contributed by atoms with E-state index in [2.05, 4.69) is 10.2 Å². The van der Waals surface area contributed by atoms with E-state index >= 15 is 0 Å². The van der Waals surface area contributed by atoms with Crippen LogP contribution in [0.25, 0.3) is 0 Å². The number of nitrogens with two attached hydrogens (primary N) is 1. The molecule has 0 bridgehead atoms. The van der Waals surface area contributed by atoms with Crippen LogP contribution in [0.2, 0.25) is 0 Å². The maximum Gasteiger partial charge on any atom is 0.332 e. The first-order valence-electron chi connectivity index (χ1n) is 1.23. The molecule has 0 saturated heterocycles. The summed E-state index contributed by atoms with van der Waals surface area (Å²) >= 11 is 0. The average molecular weight is 72.9 g/mol. The Morgan fingerprint density at radius 2 is 2.60 bits per heavy atom. The summed E-state index contributed by atoms with van der Waals surface area (Å²) in [6.07, 6.45) is 0. The number of nitrogens with one attached hydrogen (secondary N) is 1. The summed E-state index contributed by atoms with van der Waals surface area (Å²) in [7, 11) is 2.70. The monoisotopic (exact) mass is 73.1 g/mol. The van der Waals surface area contributed by atoms with Crippen molar-refractivity contribution in [3.05, 3.63) is 0 Å². The molecular formula is CH6BN2O. The molecule has 4 heteroatoms. The van der Waals surface area contributed by atoms with E-state index in [0.717, 1.165) is 0 Å². The Hall–Kier alpha value is -0.0551. The van der Waals surface area contributed by atoms with E-state index in [1.165, 1.54) is 14.7 Å². The lowest BCUT2D eigenvalue weighted by Gasteiger charge is -1.86. The molecule has 0 unspecified atom stereocenters. The van der Waals surface area contributed by atoms with Crippen LogP contribution in [-0.2, 0) is 4.84 Å². The van der Waals surface area contributed by atoms with Crippen LogP contribution in [0.1, 0.15) is 0 Å². The van der Waals surface area contributed by atoms with Crippen LogP contribution in [0.5, 0.6) is 0 Å². The molecule has 0 heterocycles. The summed E-state index contributed by atoms with van der Waals surface area (Å²) in [5, 5.41) is 2.26. The zero-order valence-electron chi connectivity index (χ0n) is 3.06. The second-order valence-corrected chi connectivity index (χ2v) is 0.489. The first-order valence-corrected chi connectivity index (χ1v) is 1.23. The van der Waals surface area contributed by atoms with Gasteiger partial charge < -0.3 is 10.5 Å². The van der Waals surface area contributed by atoms with E-state index in [-0.39, 0.29) is 0 Å². The third kappa shape index (κ3) is 3.94. The highest BCUT2D eigenvalue weighted by molar-refractivity contribution is 6.26. The van der Waals surface area contributed by atoms with Crippen LogP contribution in [0.4, 0.5) is 0 Å². The molecule has 0 spiro atoms. The van der Waals surface area contributed by atoms with E-state index < -0.39 is 0 Å². The van der Waals surface area contributed by atoms with Gasteiger partial charge in [-0.2, -0.15) is 0 Å². The number of hydrogen-bond acceptors (Lipinski definition) is 3. The van der Waals surface area contributed by atoms with Gasteiger partial charge in [-0.05, 0) is 0 Å². The molecule has 0 aliphatic carbocycles. The van der Waals surface area contributed by atoms with Crippen molar-refractivity contribution in [1.82, 2.24) is 5.39 Å². The Labute approximate surface area is 31.7 Å². The standard InChI is InChI=1S/CH6BN2O/c1-5-4-2-3/h4H,3H2,1H3. The van der Waals surface area contributed by atoms with Crippen LogP contribution in [-0.4, -0.2) is 14.7 Å². The number of rotatable bonds is 2. The van der Waals surface area contributed by atoms with E-state index in [0.29, 0.717) is 0 Å². The van der Waals surface area contributed by atoms with Gasteiger partial charge in [0.1, 0.15) is 0 Å². The molecule has 0 aromatic carbocycles. The Kier molecular flexibility index (Phi) is 3.90. The Morgan fingerprint density at radius 3 is 2.60 bits per heavy atom. The highest BCUT2D eigenvalue weighted by atomic mass is 16.6. The fourth-order valence-corrected chi connectivity index (χ4v) is 0.0680. The van der Waals surface area contributed by atoms with Gasteiger partial charge in [0.25, 0.3) is 0 Å². The lowest BCUT2D eigenvalue weighted by atomic mass is 10.3. The van der Waals surface area contributed by atoms with Gasteiger partial charge in [0.05, 0.1) is 7.11 Å². The minimum Gasteiger partial charge on any atom is -0.358 e. The fraction of sp³-hybridized carbons (Fsp3) is 1.00. The second kappa shape index (κ2) is 3.94. The molecule has 1 radical (unpaired) electrons. The van der Waals surface area contributed by atoms with Gasteiger partial charge in [-0.25, -0.2) is 5.39 Å². The second-order valence-electron chi connectivity index (χ2n) is 0.489. The normalized spacial score (nSPS) is 7.60. The van der Waals surface area contributed by atoms with Crippen LogP contribution in [0, 0.1) is 0 Å². The minimum atomic E-state index is 1.21. The molecular weight excluding hydrogens is 66.8 g/mol. The van der Waals surface area contributed by atoms with Crippen LogP contribution >= 0.6 is 0 Å². The van der Waals surface area contributed by atoms with Crippen LogP contribution in [0.15, 0.2) is 0 Å². The molecule has 0 amide bonds. The van der Waals surface area contributed by atoms with Crippen molar-refractivity contribution in [1.29, 1.82) is 0 Å². The van der Waals surface area contributed by atoms with E-state index in [1.807, 2.05) is 0 Å². The van der Waals surface area contributed by atoms with Crippen LogP contribution < -0.4 is 11.0 Å². The summed E-state index contributed by atoms with van der Waals surface area (Å²) in [5.41, 5.74) is 4.78. The molecule has 0 aromatic heterocycles. The van der Waals surface area contributed by atoms with E-state index in [4.69, 9.17) is 5.64 Å². The highest BCUT2D eigenvalue weighted by Gasteiger charge is 1.68. The lowest BCUT2D eigenvalue weighted by Crippen LogP contribution is -2.25. The van der Waals surface area contributed by atoms with E-state index in [1.54, 1.807) is 0 Å². The molecule has 0 fully saturated rings. The zero-order valence-corrected chi connectivity index (χ0v) is 3.06. The molecule has 0 aromatic rings. The van der Waals surface area contributed by atoms with Crippen molar-refractivity contribution < 1.29 is 4.84 Å². The fourth-order valence-electron chi connectivity index (χ4n) is 0.0680. The van der Waals surface area contributed by atoms with Gasteiger partial charge >= 0.3 is 7.55 Å². The zero-order chi connectivity index (χ0) is 4.12. The van der Waals surface area contributed by atoms with Crippen molar-refractivity contribution in [2.45, 2.75) is 0 Å². The summed E-state index contributed by atoms with van der Waals surface area (Å²) in [5.74, 6) is 0. The summed E-state index contributed by atoms with van der Waals surface area (Å²) in [6.45, 7) is 0. The van der Waals surface area contributed by atoms with Crippen molar-refractivity contribution in [2.75, 3.05) is 7.11 Å². The predicted molar refractivity (Wildman–Crippen MR) is 20.1 cm³/mol. The minimum absolute atomic E-state index is 1.21. The smallest absolute Gasteiger partial charge is 0.332 e. The molecule has 29 valence electrons. The van der Waals surface area contributed by atoms with Gasteiger partial charge in [-0.1, -0.05) is 0 Å². The van der Waals surface area contributed by atoms with Gasteiger partial charge in [0.2, 0.25) is 0 Å². The molecule has 0 rings (SSSR count). The molecule has 0 aliphatic heterocycles. The van der Waals surface area contributed by atoms with Crippen molar-refractivity contribution in [2.24, 2.45) is 5.64 Å². The first kappa shape index (κ1) is 4.94. The van der Waals surface area contributed by atoms with Crippen molar-refractivity contribution in [3.8, 4) is 0 Å². The Morgan fingerprint density at radius 1 is 2.00 bits per heavy atom. The van der Waals surface area contributed by atoms with Crippen molar-refractivity contribution >= 4 is 7.55 Å². The molecule has 0 aliphatic rings. The Bertz CT molecular complexity index is 17.1. The SMILES string of the molecule is CON[B]N. The van der Waals surface area contributed by atoms with E-state index in [9.17, 15) is 0 Å². The van der Waals surface area contributed by atoms with Gasteiger partial charge in [0.15, 0.2) is 0 Å². The first-order chi connectivity index (χ1) is 2.41. The molecule has 0 atom stereocenters. The molecule has 0 saturated carbocycles. The average Bonchev–Trinajstić information content (AvgIpc) is 1.41. The molecule has 3 N–H and O–H groups in total. The topological polar surface area (TPSA) is 47.3 Å².